The average Bonchev–Trinajstić information content (AvgIpc) is 3.69. The third-order valence-corrected chi connectivity index (χ3v) is 13.8. The Bertz CT molecular complexity index is 3230. The molecule has 6 heteroatoms. The molecule has 8 aromatic rings. The molecule has 0 N–H and O–H groups in total. The van der Waals surface area contributed by atoms with Crippen LogP contribution in [0, 0.1) is 17.5 Å². The van der Waals surface area contributed by atoms with Gasteiger partial charge in [-0.05, 0) is 47.6 Å². The quantitative estimate of drug-likeness (QED) is 0.107. The van der Waals surface area contributed by atoms with Gasteiger partial charge < -0.3 is 9.40 Å². The van der Waals surface area contributed by atoms with Gasteiger partial charge in [-0.1, -0.05) is 67.9 Å². The third kappa shape index (κ3) is 10.0. The molecule has 1 radical (unpaired) electrons. The van der Waals surface area contributed by atoms with E-state index in [9.17, 15) is 0 Å². The predicted molar refractivity (Wildman–Crippen MR) is 247 cm³/mol. The van der Waals surface area contributed by atoms with Crippen LogP contribution in [0.15, 0.2) is 138 Å². The van der Waals surface area contributed by atoms with Crippen molar-refractivity contribution in [2.45, 2.75) is 83.1 Å². The maximum atomic E-state index is 8.90. The molecule has 0 saturated heterocycles. The zero-order chi connectivity index (χ0) is 54.0. The van der Waals surface area contributed by atoms with Crippen LogP contribution in [0.25, 0.3) is 67.0 Å². The van der Waals surface area contributed by atoms with Crippen LogP contribution in [0.3, 0.4) is 0 Å². The summed E-state index contributed by atoms with van der Waals surface area (Å²) in [4.78, 5) is 13.6. The van der Waals surface area contributed by atoms with Gasteiger partial charge in [-0.2, -0.15) is 0 Å². The van der Waals surface area contributed by atoms with Gasteiger partial charge >= 0.3 is 170 Å². The average molecular weight is 1030 g/mol. The molecule has 0 aliphatic heterocycles. The van der Waals surface area contributed by atoms with Crippen LogP contribution in [-0.2, 0) is 31.9 Å². The zero-order valence-corrected chi connectivity index (χ0v) is 38.3. The number of aromatic nitrogens is 3. The molecular formula is C53H55GeIrN3O-2. The summed E-state index contributed by atoms with van der Waals surface area (Å²) < 4.78 is 132. The fourth-order valence-electron chi connectivity index (χ4n) is 6.66. The molecule has 0 saturated carbocycles. The van der Waals surface area contributed by atoms with E-state index in [1.54, 1.807) is 12.1 Å². The number of benzene rings is 4. The van der Waals surface area contributed by atoms with E-state index in [0.717, 1.165) is 56.2 Å². The van der Waals surface area contributed by atoms with Crippen molar-refractivity contribution in [2.24, 2.45) is 5.41 Å². The third-order valence-electron chi connectivity index (χ3n) is 9.61. The Morgan fingerprint density at radius 1 is 0.729 bits per heavy atom. The topological polar surface area (TPSA) is 51.8 Å². The van der Waals surface area contributed by atoms with Crippen LogP contribution in [0.1, 0.15) is 85.8 Å². The van der Waals surface area contributed by atoms with Gasteiger partial charge in [-0.15, -0.1) is 18.2 Å². The second-order valence-electron chi connectivity index (χ2n) is 16.1. The van der Waals surface area contributed by atoms with Crippen LogP contribution in [0.4, 0.5) is 0 Å². The minimum Gasteiger partial charge on any atom is 0 e. The monoisotopic (exact) mass is 1030 g/mol. The molecule has 0 spiro atoms. The molecule has 0 atom stereocenters. The summed E-state index contributed by atoms with van der Waals surface area (Å²) >= 11 is -2.30. The van der Waals surface area contributed by atoms with E-state index in [0.29, 0.717) is 16.5 Å². The normalized spacial score (nSPS) is 17.0. The van der Waals surface area contributed by atoms with Crippen molar-refractivity contribution in [3.63, 3.8) is 0 Å². The van der Waals surface area contributed by atoms with Crippen molar-refractivity contribution in [1.29, 1.82) is 0 Å². The molecule has 4 aromatic heterocycles. The number of pyridine rings is 3. The molecule has 0 amide bonds. The second kappa shape index (κ2) is 18.3. The van der Waals surface area contributed by atoms with Crippen molar-refractivity contribution >= 4 is 39.7 Å². The van der Waals surface area contributed by atoms with Crippen molar-refractivity contribution in [2.75, 3.05) is 0 Å². The maximum Gasteiger partial charge on any atom is 0 e. The SMILES string of the molecule is [2H]C([2H])([2H])C([2H])([2H])C(c1ccnc(-c2[c-]ccc3c2oc2nc(-c4ccccc4)ccc23)c1)(C([2H])([2H])[2H])C([2H])([2H])C([2H])([2H])[2H].[2H]C([2H])(c1cc(-c2[c-]cc(-c3ccccc3)cc2)nc[c]1[Ge]([CH3])([CH3])[CH3])C(C)(C)C.[Ir]. The Morgan fingerprint density at radius 3 is 2.10 bits per heavy atom. The smallest absolute Gasteiger partial charge is 0 e. The van der Waals surface area contributed by atoms with E-state index in [2.05, 4.69) is 57.6 Å². The molecule has 4 aromatic carbocycles. The summed E-state index contributed by atoms with van der Waals surface area (Å²) in [6.07, 6.45) is -6.30. The van der Waals surface area contributed by atoms with E-state index >= 15 is 0 Å². The summed E-state index contributed by atoms with van der Waals surface area (Å²) in [6, 6.07) is 42.8. The zero-order valence-electron chi connectivity index (χ0n) is 48.8. The van der Waals surface area contributed by atoms with Crippen LogP contribution < -0.4 is 4.40 Å². The number of hydrogen-bond donors (Lipinski definition) is 0. The van der Waals surface area contributed by atoms with Crippen LogP contribution in [0.2, 0.25) is 17.3 Å². The van der Waals surface area contributed by atoms with E-state index in [1.165, 1.54) is 0 Å². The van der Waals surface area contributed by atoms with E-state index in [4.69, 9.17) is 30.0 Å². The summed E-state index contributed by atoms with van der Waals surface area (Å²) in [7, 11) is 0. The van der Waals surface area contributed by atoms with Gasteiger partial charge in [0.25, 0.3) is 0 Å². The first-order valence-corrected chi connectivity index (χ1v) is 26.4. The Morgan fingerprint density at radius 2 is 1.46 bits per heavy atom. The molecule has 4 heterocycles. The van der Waals surface area contributed by atoms with E-state index in [1.807, 2.05) is 106 Å². The maximum absolute atomic E-state index is 8.90. The first-order valence-electron chi connectivity index (χ1n) is 26.5. The summed E-state index contributed by atoms with van der Waals surface area (Å²) in [5, 5.41) is 1.23. The van der Waals surface area contributed by atoms with Crippen molar-refractivity contribution in [1.82, 2.24) is 15.0 Å². The van der Waals surface area contributed by atoms with Crippen LogP contribution >= 0.6 is 0 Å². The van der Waals surface area contributed by atoms with Gasteiger partial charge in [-0.3, -0.25) is 0 Å². The number of hydrogen-bond acceptors (Lipinski definition) is 4. The first kappa shape index (κ1) is 28.0. The summed E-state index contributed by atoms with van der Waals surface area (Å²) in [6.45, 7) is -5.42. The number of rotatable bonds is 9. The van der Waals surface area contributed by atoms with Gasteiger partial charge in [-0.25, -0.2) is 4.98 Å². The van der Waals surface area contributed by atoms with E-state index < -0.39 is 69.3 Å². The Labute approximate surface area is 388 Å². The Kier molecular flexibility index (Phi) is 8.67. The van der Waals surface area contributed by atoms with Crippen LogP contribution in [-0.4, -0.2) is 28.2 Å². The fourth-order valence-corrected chi connectivity index (χ4v) is 9.59. The number of nitrogens with zero attached hydrogens (tertiary/aromatic N) is 3. The Balaban J connectivity index is 0.000000258. The van der Waals surface area contributed by atoms with Gasteiger partial charge in [0.2, 0.25) is 5.71 Å². The van der Waals surface area contributed by atoms with Crippen molar-refractivity contribution < 1.29 is 45.1 Å². The molecule has 0 unspecified atom stereocenters. The predicted octanol–water partition coefficient (Wildman–Crippen LogP) is 13.9. The molecule has 0 bridgehead atoms. The minimum absolute atomic E-state index is 0. The molecule has 0 aliphatic carbocycles. The van der Waals surface area contributed by atoms with Gasteiger partial charge in [0.1, 0.15) is 0 Å². The molecule has 0 aliphatic rings. The first-order chi connectivity index (χ1) is 33.7. The summed E-state index contributed by atoms with van der Waals surface area (Å²) in [5.41, 5.74) is 1.86. The number of furan rings is 1. The molecular weight excluding hydrogens is 959 g/mol. The number of fused-ring (bicyclic) bond motifs is 3. The van der Waals surface area contributed by atoms with Crippen molar-refractivity contribution in [3.05, 3.63) is 157 Å². The molecule has 8 rings (SSSR count). The van der Waals surface area contributed by atoms with Gasteiger partial charge in [0.15, 0.2) is 0 Å². The Hall–Kier alpha value is -4.68. The van der Waals surface area contributed by atoms with Gasteiger partial charge in [0, 0.05) is 55.1 Å². The second-order valence-corrected chi connectivity index (χ2v) is 26.7. The van der Waals surface area contributed by atoms with E-state index in [-0.39, 0.29) is 42.7 Å². The largest absolute Gasteiger partial charge is 0 e. The fraction of sp³-hybridized carbons (Fsp3) is 0.264. The molecule has 0 fully saturated rings. The molecule has 303 valence electrons. The van der Waals surface area contributed by atoms with Gasteiger partial charge in [0.05, 0.1) is 11.3 Å². The standard InChI is InChI=1S/C28H25N2O.C25H30GeN.Ir/c1-4-28(3,5-2)20-16-17-29-25(18-20)23-13-9-12-21-22-14-15-24(19-10-7-6-8-11-19)30-27(22)31-26(21)23;1-25(2,3)17-22-16-24(27-18-23(22)26(4,5)6)21-14-12-20(13-15-21)19-10-8-7-9-11-19;/h6-12,14-18H,4-5H2,1-3H3;7-14,16,18H,17H2,1-6H3;/q2*-1;/i1D3,2D3,3D3,4D2,5D2;17D2;. The molecule has 59 heavy (non-hydrogen) atoms. The van der Waals surface area contributed by atoms with Crippen LogP contribution in [0.5, 0.6) is 0 Å². The molecule has 4 nitrogen and oxygen atoms in total. The minimum atomic E-state index is -3.91. The van der Waals surface area contributed by atoms with Crippen molar-refractivity contribution in [3.8, 4) is 44.9 Å². The summed E-state index contributed by atoms with van der Waals surface area (Å²) in [5.74, 6) is 6.87.